The fourth-order valence-electron chi connectivity index (χ4n) is 8.47. The lowest BCUT2D eigenvalue weighted by molar-refractivity contribution is -0.124. The van der Waals surface area contributed by atoms with Crippen molar-refractivity contribution in [2.24, 2.45) is 17.3 Å². The monoisotopic (exact) mass is 651 g/mol. The quantitative estimate of drug-likeness (QED) is 0.392. The van der Waals surface area contributed by atoms with E-state index in [-0.39, 0.29) is 58.0 Å². The number of nitrogens with one attached hydrogen (secondary N) is 1. The molecule has 1 aromatic carbocycles. The highest BCUT2D eigenvalue weighted by molar-refractivity contribution is 5.97. The third-order valence-corrected chi connectivity index (χ3v) is 10.9. The molecule has 1 atom stereocenters. The predicted molar refractivity (Wildman–Crippen MR) is 176 cm³/mol. The molecule has 0 unspecified atom stereocenters. The van der Waals surface area contributed by atoms with Gasteiger partial charge >= 0.3 is 0 Å². The Hall–Kier alpha value is -3.38. The number of benzene rings is 1. The van der Waals surface area contributed by atoms with E-state index >= 15 is 0 Å². The van der Waals surface area contributed by atoms with E-state index in [9.17, 15) is 14.0 Å². The number of ether oxygens (including phenoxy) is 2. The van der Waals surface area contributed by atoms with Gasteiger partial charge in [-0.1, -0.05) is 0 Å². The number of likely N-dealkylation sites (tertiary alicyclic amines) is 1. The largest absolute Gasteiger partial charge is 0.434 e. The maximum absolute atomic E-state index is 14.4. The van der Waals surface area contributed by atoms with E-state index in [0.29, 0.717) is 18.3 Å². The summed E-state index contributed by atoms with van der Waals surface area (Å²) in [5, 5.41) is 11.5. The molecule has 47 heavy (non-hydrogen) atoms. The first kappa shape index (κ1) is 33.5. The minimum atomic E-state index is -0.507. The second-order valence-electron chi connectivity index (χ2n) is 15.0. The lowest BCUT2D eigenvalue weighted by Crippen LogP contribution is -2.61. The number of aromatic nitrogens is 3. The topological polar surface area (TPSA) is 113 Å². The van der Waals surface area contributed by atoms with Crippen molar-refractivity contribution in [1.82, 2.24) is 30.3 Å². The van der Waals surface area contributed by atoms with Gasteiger partial charge in [0.25, 0.3) is 11.8 Å². The zero-order chi connectivity index (χ0) is 33.3. The number of carbonyl (C=O) groups excluding carboxylic acids is 2. The molecule has 0 radical (unpaired) electrons. The molecule has 1 saturated carbocycles. The Morgan fingerprint density at radius 3 is 2.47 bits per heavy atom. The maximum atomic E-state index is 14.4. The SMILES string of the molecule is COC[C@H]1C[C@]2(CC[C@@H](CN3CCC4(CC3)CN(c3ncnnc3Oc3ccc(F)cc3C(=O)N(C(C)C)C(C)C)C4)CC2)NC1=O. The molecule has 1 aliphatic carbocycles. The van der Waals surface area contributed by atoms with E-state index < -0.39 is 5.82 Å². The molecule has 6 rings (SSSR count). The third-order valence-electron chi connectivity index (χ3n) is 10.9. The van der Waals surface area contributed by atoms with Gasteiger partial charge in [-0.25, -0.2) is 9.37 Å². The molecule has 4 heterocycles. The number of anilines is 1. The first-order valence-electron chi connectivity index (χ1n) is 17.3. The van der Waals surface area contributed by atoms with Crippen molar-refractivity contribution in [3.63, 3.8) is 0 Å². The van der Waals surface area contributed by atoms with Crippen LogP contribution in [0.4, 0.5) is 10.2 Å². The summed E-state index contributed by atoms with van der Waals surface area (Å²) in [6, 6.07) is 3.85. The molecular formula is C35H50FN7O4. The summed E-state index contributed by atoms with van der Waals surface area (Å²) in [7, 11) is 1.67. The molecule has 0 bridgehead atoms. The van der Waals surface area contributed by atoms with Crippen molar-refractivity contribution in [2.75, 3.05) is 51.3 Å². The summed E-state index contributed by atoms with van der Waals surface area (Å²) in [5.74, 6) is 1.05. The van der Waals surface area contributed by atoms with Gasteiger partial charge in [0.05, 0.1) is 18.1 Å². The van der Waals surface area contributed by atoms with Crippen LogP contribution in [0.25, 0.3) is 0 Å². The van der Waals surface area contributed by atoms with Crippen LogP contribution >= 0.6 is 0 Å². The standard InChI is InChI=1S/C35H50FN7O4/c1-23(2)43(24(3)4)33(45)28-16-27(36)6-7-29(28)47-32-30(37-22-38-40-32)42-20-34(21-42)12-14-41(15-13-34)18-25-8-10-35(11-9-25)17-26(19-46-5)31(44)39-35/h6-7,16,22-26H,8-15,17-21H2,1-5H3,(H,39,44)/t25-,26-,35-/m1/s1. The van der Waals surface area contributed by atoms with Gasteiger partial charge in [-0.2, -0.15) is 0 Å². The smallest absolute Gasteiger partial charge is 0.282 e. The van der Waals surface area contributed by atoms with E-state index in [2.05, 4.69) is 30.3 Å². The molecule has 11 nitrogen and oxygen atoms in total. The highest BCUT2D eigenvalue weighted by Crippen LogP contribution is 2.45. The van der Waals surface area contributed by atoms with E-state index in [1.54, 1.807) is 12.0 Å². The van der Waals surface area contributed by atoms with E-state index in [4.69, 9.17) is 9.47 Å². The Balaban J connectivity index is 1.03. The Labute approximate surface area is 277 Å². The van der Waals surface area contributed by atoms with E-state index in [0.717, 1.165) is 77.7 Å². The van der Waals surface area contributed by atoms with Gasteiger partial charge in [0, 0.05) is 49.8 Å². The zero-order valence-corrected chi connectivity index (χ0v) is 28.5. The molecule has 1 aromatic heterocycles. The van der Waals surface area contributed by atoms with Crippen LogP contribution < -0.4 is 15.0 Å². The molecular weight excluding hydrogens is 601 g/mol. The van der Waals surface area contributed by atoms with Crippen molar-refractivity contribution in [2.45, 2.75) is 90.3 Å². The average molecular weight is 652 g/mol. The molecule has 4 fully saturated rings. The summed E-state index contributed by atoms with van der Waals surface area (Å²) < 4.78 is 25.8. The molecule has 12 heteroatoms. The molecule has 4 aliphatic rings. The first-order chi connectivity index (χ1) is 22.5. The second kappa shape index (κ2) is 13.6. The fraction of sp³-hybridized carbons (Fsp3) is 0.686. The van der Waals surface area contributed by atoms with Gasteiger partial charge < -0.3 is 29.5 Å². The Morgan fingerprint density at radius 2 is 1.81 bits per heavy atom. The summed E-state index contributed by atoms with van der Waals surface area (Å²) in [6.07, 6.45) is 9.02. The van der Waals surface area contributed by atoms with Crippen LogP contribution in [0.1, 0.15) is 83.0 Å². The summed E-state index contributed by atoms with van der Waals surface area (Å²) >= 11 is 0. The third kappa shape index (κ3) is 7.09. The van der Waals surface area contributed by atoms with Crippen LogP contribution in [0, 0.1) is 23.1 Å². The first-order valence-corrected chi connectivity index (χ1v) is 17.3. The van der Waals surface area contributed by atoms with Gasteiger partial charge in [-0.15, -0.1) is 10.2 Å². The molecule has 2 aromatic rings. The van der Waals surface area contributed by atoms with E-state index in [1.807, 2.05) is 27.7 Å². The summed E-state index contributed by atoms with van der Waals surface area (Å²) in [5.41, 5.74) is 0.353. The highest BCUT2D eigenvalue weighted by atomic mass is 19.1. The van der Waals surface area contributed by atoms with Gasteiger partial charge in [-0.05, 0) is 110 Å². The lowest BCUT2D eigenvalue weighted by atomic mass is 9.71. The summed E-state index contributed by atoms with van der Waals surface area (Å²) in [4.78, 5) is 37.0. The van der Waals surface area contributed by atoms with Crippen LogP contribution in [-0.4, -0.2) is 101 Å². The number of carbonyl (C=O) groups is 2. The second-order valence-corrected chi connectivity index (χ2v) is 15.0. The normalized spacial score (nSPS) is 25.8. The maximum Gasteiger partial charge on any atom is 0.282 e. The number of piperidine rings is 1. The summed E-state index contributed by atoms with van der Waals surface area (Å²) in [6.45, 7) is 13.3. The minimum Gasteiger partial charge on any atom is -0.434 e. The van der Waals surface area contributed by atoms with Gasteiger partial charge in [0.2, 0.25) is 5.91 Å². The van der Waals surface area contributed by atoms with Crippen LogP contribution in [0.15, 0.2) is 24.5 Å². The van der Waals surface area contributed by atoms with Gasteiger partial charge in [0.15, 0.2) is 5.82 Å². The number of halogens is 1. The molecule has 2 spiro atoms. The zero-order valence-electron chi connectivity index (χ0n) is 28.5. The molecule has 256 valence electrons. The highest BCUT2D eigenvalue weighted by Gasteiger charge is 2.48. The van der Waals surface area contributed by atoms with Crippen molar-refractivity contribution in [3.8, 4) is 11.6 Å². The van der Waals surface area contributed by atoms with Crippen LogP contribution in [-0.2, 0) is 9.53 Å². The van der Waals surface area contributed by atoms with Crippen LogP contribution in [0.5, 0.6) is 11.6 Å². The number of amides is 2. The lowest BCUT2D eigenvalue weighted by Gasteiger charge is -2.54. The Kier molecular flexibility index (Phi) is 9.71. The Morgan fingerprint density at radius 1 is 1.11 bits per heavy atom. The molecule has 3 aliphatic heterocycles. The van der Waals surface area contributed by atoms with Gasteiger partial charge in [-0.3, -0.25) is 9.59 Å². The molecule has 3 saturated heterocycles. The van der Waals surface area contributed by atoms with Crippen molar-refractivity contribution >= 4 is 17.6 Å². The van der Waals surface area contributed by atoms with Crippen LogP contribution in [0.2, 0.25) is 0 Å². The number of hydrogen-bond acceptors (Lipinski definition) is 9. The average Bonchev–Trinajstić information content (AvgIpc) is 3.32. The predicted octanol–water partition coefficient (Wildman–Crippen LogP) is 4.68. The van der Waals surface area contributed by atoms with Crippen molar-refractivity contribution in [3.05, 3.63) is 35.9 Å². The number of methoxy groups -OCH3 is 1. The number of hydrogen-bond donors (Lipinski definition) is 1. The molecule has 2 amide bonds. The Bertz CT molecular complexity index is 1420. The van der Waals surface area contributed by atoms with Crippen molar-refractivity contribution in [1.29, 1.82) is 0 Å². The molecule has 1 N–H and O–H groups in total. The van der Waals surface area contributed by atoms with E-state index in [1.165, 1.54) is 24.5 Å². The van der Waals surface area contributed by atoms with Crippen molar-refractivity contribution < 1.29 is 23.5 Å². The fourth-order valence-corrected chi connectivity index (χ4v) is 8.47. The minimum absolute atomic E-state index is 0.00683. The van der Waals surface area contributed by atoms with Crippen LogP contribution in [0.3, 0.4) is 0 Å². The number of nitrogens with zero attached hydrogens (tertiary/aromatic N) is 6. The van der Waals surface area contributed by atoms with Gasteiger partial charge in [0.1, 0.15) is 17.9 Å². The number of rotatable bonds is 10.